The van der Waals surface area contributed by atoms with E-state index in [0.717, 1.165) is 11.3 Å². The van der Waals surface area contributed by atoms with Crippen LogP contribution in [0.5, 0.6) is 5.75 Å². The number of benzene rings is 1. The maximum Gasteiger partial charge on any atom is 0.123 e. The van der Waals surface area contributed by atoms with Gasteiger partial charge in [-0.3, -0.25) is 0 Å². The minimum Gasteiger partial charge on any atom is -0.493 e. The monoisotopic (exact) mass is 210 g/mol. The van der Waals surface area contributed by atoms with Crippen LogP contribution in [0, 0.1) is 11.7 Å². The largest absolute Gasteiger partial charge is 0.493 e. The molecule has 2 heteroatoms. The Hall–Kier alpha value is -1.05. The van der Waals surface area contributed by atoms with Crippen LogP contribution in [0.25, 0.3) is 0 Å². The van der Waals surface area contributed by atoms with Crippen LogP contribution in [0.4, 0.5) is 4.39 Å². The lowest BCUT2D eigenvalue weighted by molar-refractivity contribution is 0.267. The van der Waals surface area contributed by atoms with Crippen LogP contribution < -0.4 is 4.74 Å². The molecule has 0 heterocycles. The highest BCUT2D eigenvalue weighted by Crippen LogP contribution is 2.27. The number of hydrogen-bond acceptors (Lipinski definition) is 1. The molecular weight excluding hydrogens is 191 g/mol. The lowest BCUT2D eigenvalue weighted by atomic mass is 10.0. The molecule has 1 aromatic rings. The van der Waals surface area contributed by atoms with E-state index in [9.17, 15) is 4.39 Å². The third kappa shape index (κ3) is 3.54. The predicted molar refractivity (Wildman–Crippen MR) is 60.8 cm³/mol. The van der Waals surface area contributed by atoms with E-state index >= 15 is 0 Å². The number of ether oxygens (including phenoxy) is 1. The van der Waals surface area contributed by atoms with Crippen molar-refractivity contribution in [1.29, 1.82) is 0 Å². The lowest BCUT2D eigenvalue weighted by Gasteiger charge is -2.15. The van der Waals surface area contributed by atoms with E-state index in [1.807, 2.05) is 13.8 Å². The maximum absolute atomic E-state index is 13.1. The molecular formula is C13H19FO. The molecule has 0 unspecified atom stereocenters. The van der Waals surface area contributed by atoms with E-state index in [-0.39, 0.29) is 11.7 Å². The van der Waals surface area contributed by atoms with E-state index in [4.69, 9.17) is 4.74 Å². The first-order valence-corrected chi connectivity index (χ1v) is 5.43. The summed E-state index contributed by atoms with van der Waals surface area (Å²) in [5, 5.41) is 0. The molecule has 0 saturated carbocycles. The normalized spacial score (nSPS) is 11.1. The van der Waals surface area contributed by atoms with Crippen LogP contribution >= 0.6 is 0 Å². The second kappa shape index (κ2) is 5.15. The third-order valence-corrected chi connectivity index (χ3v) is 2.17. The van der Waals surface area contributed by atoms with Crippen LogP contribution in [0.2, 0.25) is 0 Å². The van der Waals surface area contributed by atoms with Crippen molar-refractivity contribution in [2.75, 3.05) is 6.61 Å². The Labute approximate surface area is 91.3 Å². The smallest absolute Gasteiger partial charge is 0.123 e. The van der Waals surface area contributed by atoms with Crippen LogP contribution in [0.3, 0.4) is 0 Å². The zero-order valence-corrected chi connectivity index (χ0v) is 9.88. The van der Waals surface area contributed by atoms with Crippen molar-refractivity contribution in [3.05, 3.63) is 29.6 Å². The van der Waals surface area contributed by atoms with Crippen molar-refractivity contribution in [1.82, 2.24) is 0 Å². The summed E-state index contributed by atoms with van der Waals surface area (Å²) >= 11 is 0. The van der Waals surface area contributed by atoms with Gasteiger partial charge in [0.05, 0.1) is 6.61 Å². The Morgan fingerprint density at radius 3 is 2.40 bits per heavy atom. The molecule has 0 bridgehead atoms. The summed E-state index contributed by atoms with van der Waals surface area (Å²) in [5.41, 5.74) is 0.940. The Balaban J connectivity index is 2.86. The molecule has 0 amide bonds. The number of hydrogen-bond donors (Lipinski definition) is 0. The number of halogens is 1. The van der Waals surface area contributed by atoms with E-state index in [2.05, 4.69) is 13.8 Å². The molecule has 0 fully saturated rings. The summed E-state index contributed by atoms with van der Waals surface area (Å²) in [7, 11) is 0. The first-order valence-electron chi connectivity index (χ1n) is 5.43. The summed E-state index contributed by atoms with van der Waals surface area (Å²) in [4.78, 5) is 0. The van der Waals surface area contributed by atoms with Crippen molar-refractivity contribution in [3.63, 3.8) is 0 Å². The van der Waals surface area contributed by atoms with Gasteiger partial charge in [0, 0.05) is 0 Å². The Kier molecular flexibility index (Phi) is 4.13. The van der Waals surface area contributed by atoms with Crippen LogP contribution in [0.1, 0.15) is 39.2 Å². The summed E-state index contributed by atoms with van der Waals surface area (Å²) in [6.07, 6.45) is 0. The average Bonchev–Trinajstić information content (AvgIpc) is 2.15. The highest BCUT2D eigenvalue weighted by molar-refractivity contribution is 5.36. The van der Waals surface area contributed by atoms with Crippen molar-refractivity contribution in [2.45, 2.75) is 33.6 Å². The second-order valence-electron chi connectivity index (χ2n) is 4.54. The van der Waals surface area contributed by atoms with E-state index in [0.29, 0.717) is 12.5 Å². The van der Waals surface area contributed by atoms with Gasteiger partial charge < -0.3 is 4.74 Å². The van der Waals surface area contributed by atoms with Crippen molar-refractivity contribution in [3.8, 4) is 5.75 Å². The van der Waals surface area contributed by atoms with Gasteiger partial charge in [-0.05, 0) is 35.6 Å². The minimum atomic E-state index is -0.199. The fourth-order valence-electron chi connectivity index (χ4n) is 1.36. The first-order chi connectivity index (χ1) is 7.00. The lowest BCUT2D eigenvalue weighted by Crippen LogP contribution is -2.07. The van der Waals surface area contributed by atoms with Gasteiger partial charge in [0.2, 0.25) is 0 Å². The quantitative estimate of drug-likeness (QED) is 0.730. The van der Waals surface area contributed by atoms with Crippen LogP contribution in [-0.4, -0.2) is 6.61 Å². The highest BCUT2D eigenvalue weighted by atomic mass is 19.1. The summed E-state index contributed by atoms with van der Waals surface area (Å²) in [6, 6.07) is 4.72. The summed E-state index contributed by atoms with van der Waals surface area (Å²) < 4.78 is 18.7. The van der Waals surface area contributed by atoms with Crippen molar-refractivity contribution >= 4 is 0 Å². The Bertz CT molecular complexity index is 318. The minimum absolute atomic E-state index is 0.199. The average molecular weight is 210 g/mol. The standard InChI is InChI=1S/C13H19FO/c1-9(2)8-15-13-6-5-11(14)7-12(13)10(3)4/h5-7,9-10H,8H2,1-4H3. The fraction of sp³-hybridized carbons (Fsp3) is 0.538. The fourth-order valence-corrected chi connectivity index (χ4v) is 1.36. The topological polar surface area (TPSA) is 9.23 Å². The molecule has 0 radical (unpaired) electrons. The van der Waals surface area contributed by atoms with Gasteiger partial charge in [-0.2, -0.15) is 0 Å². The van der Waals surface area contributed by atoms with Gasteiger partial charge in [0.15, 0.2) is 0 Å². The molecule has 0 spiro atoms. The SMILES string of the molecule is CC(C)COc1ccc(F)cc1C(C)C. The van der Waals surface area contributed by atoms with Gasteiger partial charge in [-0.25, -0.2) is 4.39 Å². The molecule has 1 rings (SSSR count). The molecule has 1 nitrogen and oxygen atoms in total. The second-order valence-corrected chi connectivity index (χ2v) is 4.54. The zero-order chi connectivity index (χ0) is 11.4. The van der Waals surface area contributed by atoms with Crippen molar-refractivity contribution in [2.24, 2.45) is 5.92 Å². The van der Waals surface area contributed by atoms with Crippen LogP contribution in [-0.2, 0) is 0 Å². The van der Waals surface area contributed by atoms with Gasteiger partial charge in [0.1, 0.15) is 11.6 Å². The maximum atomic E-state index is 13.1. The first kappa shape index (κ1) is 12.0. The molecule has 1 aromatic carbocycles. The summed E-state index contributed by atoms with van der Waals surface area (Å²) in [6.45, 7) is 8.94. The molecule has 84 valence electrons. The van der Waals surface area contributed by atoms with Gasteiger partial charge >= 0.3 is 0 Å². The van der Waals surface area contributed by atoms with E-state index < -0.39 is 0 Å². The molecule has 0 N–H and O–H groups in total. The third-order valence-electron chi connectivity index (χ3n) is 2.17. The Morgan fingerprint density at radius 1 is 1.20 bits per heavy atom. The van der Waals surface area contributed by atoms with Crippen LogP contribution in [0.15, 0.2) is 18.2 Å². The number of rotatable bonds is 4. The molecule has 15 heavy (non-hydrogen) atoms. The van der Waals surface area contributed by atoms with Gasteiger partial charge in [-0.1, -0.05) is 27.7 Å². The predicted octanol–water partition coefficient (Wildman–Crippen LogP) is 3.98. The molecule has 0 aliphatic rings. The van der Waals surface area contributed by atoms with Gasteiger partial charge in [0.25, 0.3) is 0 Å². The molecule has 0 atom stereocenters. The zero-order valence-electron chi connectivity index (χ0n) is 9.88. The molecule has 0 aromatic heterocycles. The van der Waals surface area contributed by atoms with Crippen molar-refractivity contribution < 1.29 is 9.13 Å². The Morgan fingerprint density at radius 2 is 1.87 bits per heavy atom. The van der Waals surface area contributed by atoms with E-state index in [1.54, 1.807) is 12.1 Å². The molecule has 0 saturated heterocycles. The van der Waals surface area contributed by atoms with Gasteiger partial charge in [-0.15, -0.1) is 0 Å². The molecule has 0 aliphatic heterocycles. The highest BCUT2D eigenvalue weighted by Gasteiger charge is 2.09. The molecule has 0 aliphatic carbocycles. The van der Waals surface area contributed by atoms with E-state index in [1.165, 1.54) is 6.07 Å². The summed E-state index contributed by atoms with van der Waals surface area (Å²) in [5.74, 6) is 1.37.